The summed E-state index contributed by atoms with van der Waals surface area (Å²) in [4.78, 5) is 11.7. The van der Waals surface area contributed by atoms with Crippen LogP contribution in [0.3, 0.4) is 0 Å². The minimum Gasteiger partial charge on any atom is -0.481 e. The van der Waals surface area contributed by atoms with Gasteiger partial charge in [-0.2, -0.15) is 0 Å². The number of rotatable bonds is 8. The predicted molar refractivity (Wildman–Crippen MR) is 74.2 cm³/mol. The molecule has 0 aliphatic carbocycles. The molecule has 0 saturated carbocycles. The van der Waals surface area contributed by atoms with E-state index in [0.717, 1.165) is 12.0 Å². The van der Waals surface area contributed by atoms with Gasteiger partial charge in [-0.1, -0.05) is 12.1 Å². The summed E-state index contributed by atoms with van der Waals surface area (Å²) in [5.74, 6) is 0.526. The maximum atomic E-state index is 11.7. The van der Waals surface area contributed by atoms with Crippen molar-refractivity contribution < 1.29 is 14.3 Å². The van der Waals surface area contributed by atoms with Crippen molar-refractivity contribution in [1.29, 1.82) is 0 Å². The molecule has 0 aromatic heterocycles. The monoisotopic (exact) mass is 266 g/mol. The van der Waals surface area contributed by atoms with E-state index in [1.54, 1.807) is 14.0 Å². The van der Waals surface area contributed by atoms with Crippen molar-refractivity contribution in [3.63, 3.8) is 0 Å². The summed E-state index contributed by atoms with van der Waals surface area (Å²) in [5, 5.41) is 2.73. The first-order valence-corrected chi connectivity index (χ1v) is 6.39. The van der Waals surface area contributed by atoms with Crippen LogP contribution in [0.15, 0.2) is 24.3 Å². The number of hydrogen-bond donors (Lipinski definition) is 2. The summed E-state index contributed by atoms with van der Waals surface area (Å²) < 4.78 is 10.4. The van der Waals surface area contributed by atoms with Crippen LogP contribution in [0.2, 0.25) is 0 Å². The SMILES string of the molecule is COCCNC(=O)C(C)Oc1ccc(CCN)cc1. The number of hydrogen-bond acceptors (Lipinski definition) is 4. The molecule has 106 valence electrons. The van der Waals surface area contributed by atoms with Gasteiger partial charge >= 0.3 is 0 Å². The van der Waals surface area contributed by atoms with Crippen LogP contribution in [0.4, 0.5) is 0 Å². The second-order valence-electron chi connectivity index (χ2n) is 4.23. The fourth-order valence-electron chi connectivity index (χ4n) is 1.58. The highest BCUT2D eigenvalue weighted by atomic mass is 16.5. The number of amides is 1. The molecule has 19 heavy (non-hydrogen) atoms. The van der Waals surface area contributed by atoms with Crippen molar-refractivity contribution in [3.05, 3.63) is 29.8 Å². The first-order valence-electron chi connectivity index (χ1n) is 6.39. The standard InChI is InChI=1S/C14H22N2O3/c1-11(14(17)16-9-10-18-2)19-13-5-3-12(4-6-13)7-8-15/h3-6,11H,7-10,15H2,1-2H3,(H,16,17). The second kappa shape index (κ2) is 8.50. The maximum absolute atomic E-state index is 11.7. The lowest BCUT2D eigenvalue weighted by atomic mass is 10.1. The van der Waals surface area contributed by atoms with Gasteiger partial charge in [0.15, 0.2) is 6.10 Å². The Kier molecular flexibility index (Phi) is 6.92. The molecule has 0 heterocycles. The van der Waals surface area contributed by atoms with E-state index < -0.39 is 6.10 Å². The Balaban J connectivity index is 2.42. The van der Waals surface area contributed by atoms with E-state index in [4.69, 9.17) is 15.2 Å². The smallest absolute Gasteiger partial charge is 0.260 e. The van der Waals surface area contributed by atoms with E-state index in [1.807, 2.05) is 24.3 Å². The molecule has 0 radical (unpaired) electrons. The topological polar surface area (TPSA) is 73.6 Å². The highest BCUT2D eigenvalue weighted by molar-refractivity contribution is 5.80. The van der Waals surface area contributed by atoms with E-state index in [-0.39, 0.29) is 5.91 Å². The van der Waals surface area contributed by atoms with Gasteiger partial charge in [0.05, 0.1) is 6.61 Å². The van der Waals surface area contributed by atoms with Gasteiger partial charge in [-0.05, 0) is 37.6 Å². The average Bonchev–Trinajstić information content (AvgIpc) is 2.41. The first kappa shape index (κ1) is 15.5. The Morgan fingerprint density at radius 1 is 1.37 bits per heavy atom. The number of nitrogens with one attached hydrogen (secondary N) is 1. The maximum Gasteiger partial charge on any atom is 0.260 e. The Morgan fingerprint density at radius 3 is 2.63 bits per heavy atom. The summed E-state index contributed by atoms with van der Waals surface area (Å²) in [6.07, 6.45) is 0.310. The van der Waals surface area contributed by atoms with Crippen molar-refractivity contribution >= 4 is 5.91 Å². The van der Waals surface area contributed by atoms with Crippen LogP contribution in [0.1, 0.15) is 12.5 Å². The number of benzene rings is 1. The van der Waals surface area contributed by atoms with Crippen LogP contribution >= 0.6 is 0 Å². The molecular formula is C14H22N2O3. The zero-order valence-electron chi connectivity index (χ0n) is 11.5. The molecule has 0 saturated heterocycles. The fourth-order valence-corrected chi connectivity index (χ4v) is 1.58. The van der Waals surface area contributed by atoms with Gasteiger partial charge < -0.3 is 20.5 Å². The molecule has 1 atom stereocenters. The normalized spacial score (nSPS) is 11.9. The number of methoxy groups -OCH3 is 1. The Hall–Kier alpha value is -1.59. The van der Waals surface area contributed by atoms with Crippen molar-refractivity contribution in [2.45, 2.75) is 19.4 Å². The third-order valence-electron chi connectivity index (χ3n) is 2.64. The summed E-state index contributed by atoms with van der Waals surface area (Å²) in [5.41, 5.74) is 6.64. The molecule has 0 fully saturated rings. The lowest BCUT2D eigenvalue weighted by Gasteiger charge is -2.14. The summed E-state index contributed by atoms with van der Waals surface area (Å²) in [6, 6.07) is 7.61. The molecule has 0 spiro atoms. The lowest BCUT2D eigenvalue weighted by molar-refractivity contribution is -0.127. The third kappa shape index (κ3) is 5.72. The van der Waals surface area contributed by atoms with Crippen LogP contribution in [0.25, 0.3) is 0 Å². The van der Waals surface area contributed by atoms with Gasteiger partial charge in [0.2, 0.25) is 0 Å². The Bertz CT molecular complexity index is 379. The fraction of sp³-hybridized carbons (Fsp3) is 0.500. The summed E-state index contributed by atoms with van der Waals surface area (Å²) >= 11 is 0. The molecule has 0 aliphatic rings. The second-order valence-corrected chi connectivity index (χ2v) is 4.23. The van der Waals surface area contributed by atoms with Crippen molar-refractivity contribution in [2.24, 2.45) is 5.73 Å². The molecule has 1 rings (SSSR count). The van der Waals surface area contributed by atoms with Crippen molar-refractivity contribution in [1.82, 2.24) is 5.32 Å². The van der Waals surface area contributed by atoms with Crippen molar-refractivity contribution in [2.75, 3.05) is 26.8 Å². The van der Waals surface area contributed by atoms with Gasteiger partial charge in [0.25, 0.3) is 5.91 Å². The molecule has 1 aromatic rings. The van der Waals surface area contributed by atoms with Gasteiger partial charge in [0, 0.05) is 13.7 Å². The van der Waals surface area contributed by atoms with Gasteiger partial charge in [-0.3, -0.25) is 4.79 Å². The predicted octanol–water partition coefficient (Wildman–Crippen LogP) is 0.718. The molecule has 5 heteroatoms. The van der Waals surface area contributed by atoms with Crippen LogP contribution in [-0.2, 0) is 16.0 Å². The van der Waals surface area contributed by atoms with E-state index in [2.05, 4.69) is 5.32 Å². The summed E-state index contributed by atoms with van der Waals surface area (Å²) in [6.45, 7) is 3.32. The average molecular weight is 266 g/mol. The van der Waals surface area contributed by atoms with Crippen LogP contribution < -0.4 is 15.8 Å². The quantitative estimate of drug-likeness (QED) is 0.680. The van der Waals surface area contributed by atoms with Gasteiger partial charge in [-0.15, -0.1) is 0 Å². The van der Waals surface area contributed by atoms with E-state index in [9.17, 15) is 4.79 Å². The minimum absolute atomic E-state index is 0.150. The highest BCUT2D eigenvalue weighted by Gasteiger charge is 2.13. The summed E-state index contributed by atoms with van der Waals surface area (Å²) in [7, 11) is 1.59. The molecule has 1 amide bonds. The number of ether oxygens (including phenoxy) is 2. The molecule has 1 aromatic carbocycles. The number of carbonyl (C=O) groups excluding carboxylic acids is 1. The highest BCUT2D eigenvalue weighted by Crippen LogP contribution is 2.14. The minimum atomic E-state index is -0.530. The number of carbonyl (C=O) groups is 1. The van der Waals surface area contributed by atoms with E-state index in [1.165, 1.54) is 0 Å². The zero-order chi connectivity index (χ0) is 14.1. The first-order chi connectivity index (χ1) is 9.17. The molecule has 1 unspecified atom stereocenters. The number of nitrogens with two attached hydrogens (primary N) is 1. The van der Waals surface area contributed by atoms with E-state index in [0.29, 0.717) is 25.4 Å². The molecular weight excluding hydrogens is 244 g/mol. The zero-order valence-corrected chi connectivity index (χ0v) is 11.5. The van der Waals surface area contributed by atoms with Crippen LogP contribution in [0, 0.1) is 0 Å². The molecule has 5 nitrogen and oxygen atoms in total. The molecule has 3 N–H and O–H groups in total. The molecule has 0 aliphatic heterocycles. The van der Waals surface area contributed by atoms with Gasteiger partial charge in [-0.25, -0.2) is 0 Å². The Morgan fingerprint density at radius 2 is 2.05 bits per heavy atom. The van der Waals surface area contributed by atoms with E-state index >= 15 is 0 Å². The lowest BCUT2D eigenvalue weighted by Crippen LogP contribution is -2.37. The van der Waals surface area contributed by atoms with Gasteiger partial charge in [0.1, 0.15) is 5.75 Å². The van der Waals surface area contributed by atoms with Crippen LogP contribution in [0.5, 0.6) is 5.75 Å². The third-order valence-corrected chi connectivity index (χ3v) is 2.64. The molecule has 0 bridgehead atoms. The van der Waals surface area contributed by atoms with Crippen LogP contribution in [-0.4, -0.2) is 38.8 Å². The largest absolute Gasteiger partial charge is 0.481 e. The Labute approximate surface area is 114 Å². The van der Waals surface area contributed by atoms with Crippen molar-refractivity contribution in [3.8, 4) is 5.75 Å².